The van der Waals surface area contributed by atoms with Gasteiger partial charge in [0.25, 0.3) is 0 Å². The van der Waals surface area contributed by atoms with Crippen LogP contribution in [0.3, 0.4) is 0 Å². The molecule has 1 aromatic rings. The summed E-state index contributed by atoms with van der Waals surface area (Å²) in [6.07, 6.45) is 3.89. The number of hydrogen-bond donors (Lipinski definition) is 1. The zero-order valence-corrected chi connectivity index (χ0v) is 11.7. The Morgan fingerprint density at radius 3 is 2.39 bits per heavy atom. The Hall–Kier alpha value is -1.22. The molecule has 0 bridgehead atoms. The number of nitrogens with zero attached hydrogens (tertiary/aromatic N) is 1. The van der Waals surface area contributed by atoms with Crippen LogP contribution >= 0.6 is 0 Å². The van der Waals surface area contributed by atoms with E-state index in [9.17, 15) is 0 Å². The normalized spacial score (nSPS) is 16.8. The van der Waals surface area contributed by atoms with Gasteiger partial charge in [-0.25, -0.2) is 0 Å². The molecule has 18 heavy (non-hydrogen) atoms. The Morgan fingerprint density at radius 2 is 1.83 bits per heavy atom. The highest BCUT2D eigenvalue weighted by atomic mass is 16.5. The Labute approximate surface area is 110 Å². The van der Waals surface area contributed by atoms with Crippen molar-refractivity contribution in [3.8, 4) is 5.75 Å². The summed E-state index contributed by atoms with van der Waals surface area (Å²) in [7, 11) is 1.70. The van der Waals surface area contributed by atoms with Gasteiger partial charge in [0.2, 0.25) is 0 Å². The smallest absolute Gasteiger partial charge is 0.119 e. The van der Waals surface area contributed by atoms with Gasteiger partial charge in [0, 0.05) is 24.3 Å². The molecule has 0 amide bonds. The molecule has 0 unspecified atom stereocenters. The highest BCUT2D eigenvalue weighted by molar-refractivity contribution is 5.59. The fourth-order valence-corrected chi connectivity index (χ4v) is 2.57. The molecule has 1 aliphatic rings. The molecule has 3 heteroatoms. The maximum Gasteiger partial charge on any atom is 0.119 e. The molecule has 0 radical (unpaired) electrons. The molecule has 1 saturated heterocycles. The van der Waals surface area contributed by atoms with Crippen LogP contribution in [0.25, 0.3) is 0 Å². The molecule has 0 atom stereocenters. The first kappa shape index (κ1) is 13.2. The summed E-state index contributed by atoms with van der Waals surface area (Å²) < 4.78 is 5.32. The summed E-state index contributed by atoms with van der Waals surface area (Å²) in [6.45, 7) is 6.37. The third kappa shape index (κ3) is 2.78. The van der Waals surface area contributed by atoms with Crippen LogP contribution in [0, 0.1) is 0 Å². The predicted octanol–water partition coefficient (Wildman–Crippen LogP) is 2.88. The molecule has 0 aromatic heterocycles. The van der Waals surface area contributed by atoms with Crippen molar-refractivity contribution in [3.63, 3.8) is 0 Å². The Morgan fingerprint density at radius 1 is 1.17 bits per heavy atom. The second kappa shape index (κ2) is 5.19. The van der Waals surface area contributed by atoms with Gasteiger partial charge < -0.3 is 15.4 Å². The fourth-order valence-electron chi connectivity index (χ4n) is 2.57. The van der Waals surface area contributed by atoms with Crippen LogP contribution in [0.5, 0.6) is 5.75 Å². The molecule has 0 spiro atoms. The molecule has 1 aromatic carbocycles. The third-order valence-corrected chi connectivity index (χ3v) is 3.59. The van der Waals surface area contributed by atoms with E-state index in [2.05, 4.69) is 30.9 Å². The molecule has 2 N–H and O–H groups in total. The van der Waals surface area contributed by atoms with E-state index in [0.29, 0.717) is 0 Å². The van der Waals surface area contributed by atoms with E-state index >= 15 is 0 Å². The van der Waals surface area contributed by atoms with Crippen molar-refractivity contribution < 1.29 is 4.74 Å². The molecule has 1 aliphatic heterocycles. The SMILES string of the molecule is COc1ccc(N2CCCCC2)c(C(C)(C)N)c1. The van der Waals surface area contributed by atoms with Crippen molar-refractivity contribution in [2.45, 2.75) is 38.6 Å². The number of benzene rings is 1. The van der Waals surface area contributed by atoms with Crippen LogP contribution in [-0.4, -0.2) is 20.2 Å². The maximum absolute atomic E-state index is 6.31. The number of methoxy groups -OCH3 is 1. The Bertz CT molecular complexity index is 403. The lowest BCUT2D eigenvalue weighted by atomic mass is 9.92. The number of nitrogens with two attached hydrogens (primary N) is 1. The van der Waals surface area contributed by atoms with Crippen molar-refractivity contribution in [1.29, 1.82) is 0 Å². The monoisotopic (exact) mass is 248 g/mol. The lowest BCUT2D eigenvalue weighted by Crippen LogP contribution is -2.35. The summed E-state index contributed by atoms with van der Waals surface area (Å²) in [4.78, 5) is 2.45. The van der Waals surface area contributed by atoms with Crippen LogP contribution in [-0.2, 0) is 5.54 Å². The lowest BCUT2D eigenvalue weighted by molar-refractivity contribution is 0.412. The maximum atomic E-state index is 6.31. The van der Waals surface area contributed by atoms with E-state index in [1.54, 1.807) is 7.11 Å². The van der Waals surface area contributed by atoms with Crippen LogP contribution in [0.15, 0.2) is 18.2 Å². The quantitative estimate of drug-likeness (QED) is 0.894. The molecule has 0 aliphatic carbocycles. The van der Waals surface area contributed by atoms with E-state index < -0.39 is 0 Å². The zero-order chi connectivity index (χ0) is 13.2. The number of anilines is 1. The summed E-state index contributed by atoms with van der Waals surface area (Å²) in [5.74, 6) is 0.879. The highest BCUT2D eigenvalue weighted by Crippen LogP contribution is 2.33. The summed E-state index contributed by atoms with van der Waals surface area (Å²) in [5, 5.41) is 0. The average molecular weight is 248 g/mol. The van der Waals surface area contributed by atoms with Crippen LogP contribution in [0.1, 0.15) is 38.7 Å². The van der Waals surface area contributed by atoms with Gasteiger partial charge in [-0.2, -0.15) is 0 Å². The molecule has 0 saturated carbocycles. The first-order chi connectivity index (χ1) is 8.52. The first-order valence-electron chi connectivity index (χ1n) is 6.75. The van der Waals surface area contributed by atoms with Crippen molar-refractivity contribution in [1.82, 2.24) is 0 Å². The molecule has 3 nitrogen and oxygen atoms in total. The molecule has 1 fully saturated rings. The number of piperidine rings is 1. The van der Waals surface area contributed by atoms with Gasteiger partial charge in [0.05, 0.1) is 7.11 Å². The highest BCUT2D eigenvalue weighted by Gasteiger charge is 2.23. The van der Waals surface area contributed by atoms with Crippen molar-refractivity contribution >= 4 is 5.69 Å². The van der Waals surface area contributed by atoms with Crippen molar-refractivity contribution in [2.24, 2.45) is 5.73 Å². The summed E-state index contributed by atoms with van der Waals surface area (Å²) >= 11 is 0. The molecule has 2 rings (SSSR count). The molecule has 1 heterocycles. The molecular weight excluding hydrogens is 224 g/mol. The van der Waals surface area contributed by atoms with E-state index in [1.165, 1.54) is 30.5 Å². The van der Waals surface area contributed by atoms with Gasteiger partial charge in [-0.3, -0.25) is 0 Å². The summed E-state index contributed by atoms with van der Waals surface area (Å²) in [5.41, 5.74) is 8.40. The second-order valence-electron chi connectivity index (χ2n) is 5.65. The number of hydrogen-bond acceptors (Lipinski definition) is 3. The minimum Gasteiger partial charge on any atom is -0.497 e. The van der Waals surface area contributed by atoms with E-state index in [1.807, 2.05) is 6.07 Å². The largest absolute Gasteiger partial charge is 0.497 e. The number of ether oxygens (including phenoxy) is 1. The lowest BCUT2D eigenvalue weighted by Gasteiger charge is -2.34. The van der Waals surface area contributed by atoms with Crippen LogP contribution in [0.4, 0.5) is 5.69 Å². The van der Waals surface area contributed by atoms with E-state index in [0.717, 1.165) is 18.8 Å². The van der Waals surface area contributed by atoms with E-state index in [-0.39, 0.29) is 5.54 Å². The van der Waals surface area contributed by atoms with Gasteiger partial charge in [-0.05, 0) is 56.9 Å². The van der Waals surface area contributed by atoms with Gasteiger partial charge >= 0.3 is 0 Å². The summed E-state index contributed by atoms with van der Waals surface area (Å²) in [6, 6.07) is 6.25. The standard InChI is InChI=1S/C15H24N2O/c1-15(2,16)13-11-12(18-3)7-8-14(13)17-9-5-4-6-10-17/h7-8,11H,4-6,9-10,16H2,1-3H3. The second-order valence-corrected chi connectivity index (χ2v) is 5.65. The fraction of sp³-hybridized carbons (Fsp3) is 0.600. The van der Waals surface area contributed by atoms with Crippen molar-refractivity contribution in [3.05, 3.63) is 23.8 Å². The number of rotatable bonds is 3. The van der Waals surface area contributed by atoms with Crippen LogP contribution < -0.4 is 15.4 Å². The molecular formula is C15H24N2O. The van der Waals surface area contributed by atoms with Gasteiger partial charge in [0.1, 0.15) is 5.75 Å². The predicted molar refractivity (Wildman–Crippen MR) is 76.3 cm³/mol. The first-order valence-corrected chi connectivity index (χ1v) is 6.75. The minimum absolute atomic E-state index is 0.346. The topological polar surface area (TPSA) is 38.5 Å². The van der Waals surface area contributed by atoms with Gasteiger partial charge in [-0.15, -0.1) is 0 Å². The van der Waals surface area contributed by atoms with Crippen LogP contribution in [0.2, 0.25) is 0 Å². The van der Waals surface area contributed by atoms with Crippen molar-refractivity contribution in [2.75, 3.05) is 25.1 Å². The third-order valence-electron chi connectivity index (χ3n) is 3.59. The molecule has 100 valence electrons. The van der Waals surface area contributed by atoms with Gasteiger partial charge in [-0.1, -0.05) is 0 Å². The average Bonchev–Trinajstić information content (AvgIpc) is 2.38. The van der Waals surface area contributed by atoms with Gasteiger partial charge in [0.15, 0.2) is 0 Å². The Kier molecular flexibility index (Phi) is 3.81. The van der Waals surface area contributed by atoms with E-state index in [4.69, 9.17) is 10.5 Å². The minimum atomic E-state index is -0.346. The Balaban J connectivity index is 2.38. The zero-order valence-electron chi connectivity index (χ0n) is 11.7.